The van der Waals surface area contributed by atoms with Crippen molar-refractivity contribution in [3.63, 3.8) is 0 Å². The largest absolute Gasteiger partial charge is 0.496 e. The van der Waals surface area contributed by atoms with Gasteiger partial charge in [-0.15, -0.1) is 0 Å². The Balaban J connectivity index is 1.74. The van der Waals surface area contributed by atoms with Gasteiger partial charge in [-0.05, 0) is 37.2 Å². The number of para-hydroxylation sites is 1. The van der Waals surface area contributed by atoms with Crippen molar-refractivity contribution in [2.45, 2.75) is 19.4 Å². The van der Waals surface area contributed by atoms with E-state index in [1.807, 2.05) is 0 Å². The topological polar surface area (TPSA) is 101 Å². The molecule has 1 aromatic carbocycles. The number of thioether (sulfide) groups is 1. The molecule has 0 aromatic heterocycles. The van der Waals surface area contributed by atoms with Crippen LogP contribution in [0.4, 0.5) is 4.79 Å². The summed E-state index contributed by atoms with van der Waals surface area (Å²) in [6.45, 7) is 1.66. The number of likely N-dealkylation sites (N-methyl/N-ethyl adjacent to an activating group) is 1. The molecular weight excluding hydrogens is 416 g/mol. The average molecular weight is 439 g/mol. The van der Waals surface area contributed by atoms with Crippen LogP contribution in [-0.2, 0) is 19.4 Å². The van der Waals surface area contributed by atoms with Gasteiger partial charge in [0.25, 0.3) is 11.1 Å². The van der Waals surface area contributed by atoms with Crippen molar-refractivity contribution in [2.75, 3.05) is 31.7 Å². The summed E-state index contributed by atoms with van der Waals surface area (Å²) in [5.41, 5.74) is 0.651. The molecule has 29 heavy (non-hydrogen) atoms. The van der Waals surface area contributed by atoms with Gasteiger partial charge < -0.3 is 9.64 Å². The van der Waals surface area contributed by atoms with Gasteiger partial charge in [0.05, 0.1) is 23.5 Å². The minimum Gasteiger partial charge on any atom is -0.496 e. The lowest BCUT2D eigenvalue weighted by molar-refractivity contribution is -0.137. The number of ether oxygens (including phenoxy) is 1. The van der Waals surface area contributed by atoms with Crippen molar-refractivity contribution in [2.24, 2.45) is 0 Å². The zero-order valence-corrected chi connectivity index (χ0v) is 17.8. The summed E-state index contributed by atoms with van der Waals surface area (Å²) in [7, 11) is -1.64. The molecule has 0 bridgehead atoms. The molecule has 2 aliphatic heterocycles. The number of imide groups is 1. The normalized spacial score (nSPS) is 22.3. The lowest BCUT2D eigenvalue weighted by Crippen LogP contribution is -2.47. The minimum atomic E-state index is -3.15. The summed E-state index contributed by atoms with van der Waals surface area (Å²) in [5.74, 6) is -0.452. The summed E-state index contributed by atoms with van der Waals surface area (Å²) in [4.78, 5) is 40.3. The Labute approximate surface area is 173 Å². The van der Waals surface area contributed by atoms with Crippen molar-refractivity contribution >= 4 is 44.7 Å². The second-order valence-corrected chi connectivity index (χ2v) is 9.97. The number of hydrogen-bond acceptors (Lipinski definition) is 7. The highest BCUT2D eigenvalue weighted by molar-refractivity contribution is 8.18. The molecule has 0 radical (unpaired) electrons. The Morgan fingerprint density at radius 2 is 2.07 bits per heavy atom. The second kappa shape index (κ2) is 8.58. The maximum atomic E-state index is 12.7. The molecule has 156 valence electrons. The third-order valence-corrected chi connectivity index (χ3v) is 7.56. The Kier molecular flexibility index (Phi) is 6.33. The predicted octanol–water partition coefficient (Wildman–Crippen LogP) is 1.77. The lowest BCUT2D eigenvalue weighted by Gasteiger charge is -2.28. The Morgan fingerprint density at radius 3 is 2.69 bits per heavy atom. The third kappa shape index (κ3) is 4.64. The molecule has 0 aliphatic carbocycles. The summed E-state index contributed by atoms with van der Waals surface area (Å²) in [5, 5.41) is -0.528. The number of carbonyl (C=O) groups excluding carboxylic acids is 3. The minimum absolute atomic E-state index is 0.0463. The van der Waals surface area contributed by atoms with E-state index < -0.39 is 39.5 Å². The molecule has 3 rings (SSSR count). The smallest absolute Gasteiger partial charge is 0.294 e. The molecular formula is C19H22N2O6S2. The molecule has 2 saturated heterocycles. The van der Waals surface area contributed by atoms with Gasteiger partial charge in [-0.1, -0.05) is 18.2 Å². The van der Waals surface area contributed by atoms with Crippen LogP contribution in [0, 0.1) is 0 Å². The fraction of sp³-hybridized carbons (Fsp3) is 0.421. The van der Waals surface area contributed by atoms with E-state index in [0.717, 1.165) is 16.7 Å². The molecule has 2 aliphatic rings. The van der Waals surface area contributed by atoms with Crippen LogP contribution in [0.2, 0.25) is 0 Å². The van der Waals surface area contributed by atoms with Crippen molar-refractivity contribution in [1.82, 2.24) is 9.80 Å². The van der Waals surface area contributed by atoms with E-state index in [2.05, 4.69) is 0 Å². The van der Waals surface area contributed by atoms with Gasteiger partial charge in [0.2, 0.25) is 5.91 Å². The Morgan fingerprint density at radius 1 is 1.34 bits per heavy atom. The van der Waals surface area contributed by atoms with E-state index in [4.69, 9.17) is 4.74 Å². The summed E-state index contributed by atoms with van der Waals surface area (Å²) in [6.07, 6.45) is 1.94. The van der Waals surface area contributed by atoms with Crippen LogP contribution in [0.1, 0.15) is 18.9 Å². The van der Waals surface area contributed by atoms with Crippen molar-refractivity contribution in [3.8, 4) is 5.75 Å². The third-order valence-electron chi connectivity index (χ3n) is 4.90. The maximum Gasteiger partial charge on any atom is 0.294 e. The fourth-order valence-corrected chi connectivity index (χ4v) is 6.01. The van der Waals surface area contributed by atoms with E-state index in [0.29, 0.717) is 24.3 Å². The highest BCUT2D eigenvalue weighted by atomic mass is 32.2. The number of benzene rings is 1. The summed E-state index contributed by atoms with van der Waals surface area (Å²) >= 11 is 0.765. The van der Waals surface area contributed by atoms with Crippen LogP contribution < -0.4 is 4.74 Å². The van der Waals surface area contributed by atoms with Gasteiger partial charge in [0, 0.05) is 18.2 Å². The highest BCUT2D eigenvalue weighted by Crippen LogP contribution is 2.34. The quantitative estimate of drug-likeness (QED) is 0.624. The number of amides is 3. The summed E-state index contributed by atoms with van der Waals surface area (Å²) in [6, 6.07) is 6.67. The molecule has 8 nitrogen and oxygen atoms in total. The van der Waals surface area contributed by atoms with Crippen LogP contribution >= 0.6 is 11.8 Å². The van der Waals surface area contributed by atoms with E-state index >= 15 is 0 Å². The van der Waals surface area contributed by atoms with Gasteiger partial charge in [-0.2, -0.15) is 0 Å². The number of rotatable bonds is 6. The standard InChI is InChI=1S/C19H22N2O6S2/c1-3-20(14-8-9-29(25,26)12-14)17(22)11-21-18(23)16(28-19(21)24)10-13-6-4-5-7-15(13)27-2/h4-7,10,14H,3,8-9,11-12H2,1-2H3/b16-10+/t14-/m0/s1. The fourth-order valence-electron chi connectivity index (χ4n) is 3.45. The van der Waals surface area contributed by atoms with Crippen molar-refractivity contribution in [3.05, 3.63) is 34.7 Å². The SMILES string of the molecule is CCN(C(=O)CN1C(=O)S/C(=C/c2ccccc2OC)C1=O)[C@H]1CCS(=O)(=O)C1. The van der Waals surface area contributed by atoms with E-state index in [-0.39, 0.29) is 16.4 Å². The number of sulfone groups is 1. The maximum absolute atomic E-state index is 12.7. The van der Waals surface area contributed by atoms with E-state index in [9.17, 15) is 22.8 Å². The second-order valence-electron chi connectivity index (χ2n) is 6.75. The zero-order valence-electron chi connectivity index (χ0n) is 16.2. The molecule has 1 aromatic rings. The molecule has 0 N–H and O–H groups in total. The van der Waals surface area contributed by atoms with E-state index in [1.54, 1.807) is 37.3 Å². The van der Waals surface area contributed by atoms with Gasteiger partial charge >= 0.3 is 0 Å². The first-order valence-corrected chi connectivity index (χ1v) is 11.8. The average Bonchev–Trinajstić information content (AvgIpc) is 3.16. The highest BCUT2D eigenvalue weighted by Gasteiger charge is 2.39. The predicted molar refractivity (Wildman–Crippen MR) is 110 cm³/mol. The van der Waals surface area contributed by atoms with Crippen LogP contribution in [0.15, 0.2) is 29.2 Å². The molecule has 1 atom stereocenters. The van der Waals surface area contributed by atoms with Gasteiger partial charge in [0.15, 0.2) is 9.84 Å². The number of methoxy groups -OCH3 is 1. The number of nitrogens with zero attached hydrogens (tertiary/aromatic N) is 2. The Hall–Kier alpha value is -2.33. The molecule has 0 spiro atoms. The monoisotopic (exact) mass is 438 g/mol. The molecule has 3 amide bonds. The lowest BCUT2D eigenvalue weighted by atomic mass is 10.2. The Bertz CT molecular complexity index is 973. The first-order valence-electron chi connectivity index (χ1n) is 9.14. The molecule has 10 heteroatoms. The number of hydrogen-bond donors (Lipinski definition) is 0. The van der Waals surface area contributed by atoms with Crippen LogP contribution in [0.5, 0.6) is 5.75 Å². The van der Waals surface area contributed by atoms with Gasteiger partial charge in [-0.3, -0.25) is 19.3 Å². The molecule has 2 heterocycles. The van der Waals surface area contributed by atoms with Crippen LogP contribution in [0.3, 0.4) is 0 Å². The molecule has 0 unspecified atom stereocenters. The first-order chi connectivity index (χ1) is 13.8. The van der Waals surface area contributed by atoms with Crippen molar-refractivity contribution < 1.29 is 27.5 Å². The van der Waals surface area contributed by atoms with E-state index in [1.165, 1.54) is 12.0 Å². The number of carbonyl (C=O) groups is 3. The zero-order chi connectivity index (χ0) is 21.2. The van der Waals surface area contributed by atoms with Crippen molar-refractivity contribution in [1.29, 1.82) is 0 Å². The van der Waals surface area contributed by atoms with Crippen LogP contribution in [-0.4, -0.2) is 73.0 Å². The van der Waals surface area contributed by atoms with Gasteiger partial charge in [0.1, 0.15) is 12.3 Å². The van der Waals surface area contributed by atoms with Gasteiger partial charge in [-0.25, -0.2) is 8.42 Å². The first kappa shape index (κ1) is 21.4. The molecule has 0 saturated carbocycles. The molecule has 2 fully saturated rings. The van der Waals surface area contributed by atoms with Crippen LogP contribution in [0.25, 0.3) is 6.08 Å². The summed E-state index contributed by atoms with van der Waals surface area (Å²) < 4.78 is 28.7.